The molecule has 0 aliphatic carbocycles. The zero-order valence-corrected chi connectivity index (χ0v) is 20.6. The molecule has 6 nitrogen and oxygen atoms in total. The van der Waals surface area contributed by atoms with E-state index in [9.17, 15) is 9.59 Å². The standard InChI is InChI=1S/C24H24ClN3O3S2/c1-31-21-7-5-17(6-8-21)22(29)16-33-24-26-19(15-32-24)14-23(30)28-11-9-27(10-12-28)20-4-2-3-18(25)13-20/h2-8,13,15H,9-12,14,16H2,1H3. The average Bonchev–Trinajstić information content (AvgIpc) is 3.30. The van der Waals surface area contributed by atoms with E-state index in [1.165, 1.54) is 23.1 Å². The third-order valence-electron chi connectivity index (χ3n) is 5.41. The summed E-state index contributed by atoms with van der Waals surface area (Å²) >= 11 is 8.96. The lowest BCUT2D eigenvalue weighted by Gasteiger charge is -2.36. The quantitative estimate of drug-likeness (QED) is 0.330. The van der Waals surface area contributed by atoms with Crippen LogP contribution in [0, 0.1) is 0 Å². The van der Waals surface area contributed by atoms with Crippen LogP contribution in [-0.2, 0) is 11.2 Å². The topological polar surface area (TPSA) is 62.7 Å². The van der Waals surface area contributed by atoms with Gasteiger partial charge in [-0.25, -0.2) is 4.98 Å². The monoisotopic (exact) mass is 501 g/mol. The van der Waals surface area contributed by atoms with Gasteiger partial charge >= 0.3 is 0 Å². The number of ether oxygens (including phenoxy) is 1. The largest absolute Gasteiger partial charge is 0.497 e. The predicted octanol–water partition coefficient (Wildman–Crippen LogP) is 4.67. The van der Waals surface area contributed by atoms with Crippen molar-refractivity contribution in [3.63, 3.8) is 0 Å². The molecule has 33 heavy (non-hydrogen) atoms. The molecule has 0 saturated carbocycles. The van der Waals surface area contributed by atoms with Gasteiger partial charge in [0.05, 0.1) is 25.0 Å². The van der Waals surface area contributed by atoms with Crippen molar-refractivity contribution in [1.29, 1.82) is 0 Å². The van der Waals surface area contributed by atoms with Gasteiger partial charge in [-0.1, -0.05) is 29.4 Å². The fraction of sp³-hybridized carbons (Fsp3) is 0.292. The van der Waals surface area contributed by atoms with Crippen LogP contribution >= 0.6 is 34.7 Å². The van der Waals surface area contributed by atoms with Crippen molar-refractivity contribution < 1.29 is 14.3 Å². The molecule has 0 N–H and O–H groups in total. The molecule has 9 heteroatoms. The second-order valence-electron chi connectivity index (χ2n) is 7.57. The normalized spacial score (nSPS) is 13.8. The van der Waals surface area contributed by atoms with Crippen molar-refractivity contribution in [3.8, 4) is 5.75 Å². The Morgan fingerprint density at radius 2 is 1.88 bits per heavy atom. The Balaban J connectivity index is 1.24. The van der Waals surface area contributed by atoms with Gasteiger partial charge in [0.15, 0.2) is 10.1 Å². The maximum Gasteiger partial charge on any atom is 0.228 e. The van der Waals surface area contributed by atoms with Crippen LogP contribution in [0.3, 0.4) is 0 Å². The van der Waals surface area contributed by atoms with Crippen LogP contribution in [-0.4, -0.2) is 60.6 Å². The first-order valence-corrected chi connectivity index (χ1v) is 12.8. The van der Waals surface area contributed by atoms with Gasteiger partial charge < -0.3 is 14.5 Å². The molecule has 1 aromatic heterocycles. The summed E-state index contributed by atoms with van der Waals surface area (Å²) in [4.78, 5) is 33.8. The van der Waals surface area contributed by atoms with Gasteiger partial charge in [0.1, 0.15) is 5.75 Å². The van der Waals surface area contributed by atoms with Crippen LogP contribution in [0.15, 0.2) is 58.3 Å². The van der Waals surface area contributed by atoms with E-state index in [0.29, 0.717) is 29.4 Å². The van der Waals surface area contributed by atoms with E-state index in [1.807, 2.05) is 34.5 Å². The minimum atomic E-state index is 0.0352. The minimum Gasteiger partial charge on any atom is -0.497 e. The highest BCUT2D eigenvalue weighted by Crippen LogP contribution is 2.25. The highest BCUT2D eigenvalue weighted by atomic mass is 35.5. The zero-order valence-electron chi connectivity index (χ0n) is 18.2. The molecule has 3 aromatic rings. The first kappa shape index (κ1) is 23.6. The number of halogens is 1. The van der Waals surface area contributed by atoms with Gasteiger partial charge in [-0.15, -0.1) is 11.3 Å². The number of rotatable bonds is 8. The third-order valence-corrected chi connectivity index (χ3v) is 7.71. The molecule has 0 bridgehead atoms. The van der Waals surface area contributed by atoms with Crippen LogP contribution in [0.4, 0.5) is 5.69 Å². The van der Waals surface area contributed by atoms with Crippen molar-refractivity contribution >= 4 is 52.1 Å². The molecular weight excluding hydrogens is 478 g/mol. The molecule has 1 aliphatic rings. The molecule has 2 aromatic carbocycles. The number of thiazole rings is 1. The molecule has 1 aliphatic heterocycles. The number of ketones is 1. The number of nitrogens with zero attached hydrogens (tertiary/aromatic N) is 3. The van der Waals surface area contributed by atoms with Crippen LogP contribution in [0.25, 0.3) is 0 Å². The number of carbonyl (C=O) groups is 2. The number of hydrogen-bond acceptors (Lipinski definition) is 7. The Morgan fingerprint density at radius 3 is 2.58 bits per heavy atom. The molecule has 172 valence electrons. The summed E-state index contributed by atoms with van der Waals surface area (Å²) in [6.45, 7) is 2.90. The Hall–Kier alpha value is -2.55. The van der Waals surface area contributed by atoms with Gasteiger partial charge in [0.25, 0.3) is 0 Å². The average molecular weight is 502 g/mol. The van der Waals surface area contributed by atoms with Crippen molar-refractivity contribution in [3.05, 3.63) is 70.2 Å². The van der Waals surface area contributed by atoms with Crippen molar-refractivity contribution in [1.82, 2.24) is 9.88 Å². The molecule has 1 amide bonds. The second kappa shape index (κ2) is 11.0. The Kier molecular flexibility index (Phi) is 7.90. The molecule has 1 fully saturated rings. The molecule has 0 spiro atoms. The van der Waals surface area contributed by atoms with Crippen LogP contribution < -0.4 is 9.64 Å². The third kappa shape index (κ3) is 6.28. The molecular formula is C24H24ClN3O3S2. The Labute approximate surface area is 206 Å². The maximum absolute atomic E-state index is 12.8. The first-order chi connectivity index (χ1) is 16.0. The number of anilines is 1. The first-order valence-electron chi connectivity index (χ1n) is 10.5. The van der Waals surface area contributed by atoms with E-state index in [4.69, 9.17) is 16.3 Å². The van der Waals surface area contributed by atoms with E-state index < -0.39 is 0 Å². The van der Waals surface area contributed by atoms with E-state index in [2.05, 4.69) is 9.88 Å². The molecule has 4 rings (SSSR count). The smallest absolute Gasteiger partial charge is 0.228 e. The highest BCUT2D eigenvalue weighted by molar-refractivity contribution is 8.01. The molecule has 0 atom stereocenters. The number of piperazine rings is 1. The Bertz CT molecular complexity index is 1110. The lowest BCUT2D eigenvalue weighted by atomic mass is 10.1. The van der Waals surface area contributed by atoms with E-state index in [0.717, 1.165) is 34.6 Å². The number of benzene rings is 2. The van der Waals surface area contributed by atoms with Gasteiger partial charge in [-0.3, -0.25) is 9.59 Å². The zero-order chi connectivity index (χ0) is 23.2. The Morgan fingerprint density at radius 1 is 1.12 bits per heavy atom. The van der Waals surface area contributed by atoms with Crippen molar-refractivity contribution in [2.45, 2.75) is 10.8 Å². The fourth-order valence-electron chi connectivity index (χ4n) is 3.58. The summed E-state index contributed by atoms with van der Waals surface area (Å²) in [6.07, 6.45) is 0.278. The number of hydrogen-bond donors (Lipinski definition) is 0. The van der Waals surface area contributed by atoms with Crippen molar-refractivity contribution in [2.24, 2.45) is 0 Å². The fourth-order valence-corrected chi connectivity index (χ4v) is 5.50. The summed E-state index contributed by atoms with van der Waals surface area (Å²) in [7, 11) is 1.60. The van der Waals surface area contributed by atoms with Gasteiger partial charge in [0.2, 0.25) is 5.91 Å². The number of thioether (sulfide) groups is 1. The van der Waals surface area contributed by atoms with Crippen molar-refractivity contribution in [2.75, 3.05) is 43.9 Å². The molecule has 0 unspecified atom stereocenters. The van der Waals surface area contributed by atoms with E-state index >= 15 is 0 Å². The number of aromatic nitrogens is 1. The second-order valence-corrected chi connectivity index (χ2v) is 10.1. The summed E-state index contributed by atoms with van der Waals surface area (Å²) in [5, 5.41) is 2.62. The maximum atomic E-state index is 12.8. The van der Waals surface area contributed by atoms with Gasteiger partial charge in [-0.2, -0.15) is 0 Å². The lowest BCUT2D eigenvalue weighted by Crippen LogP contribution is -2.49. The number of amides is 1. The van der Waals surface area contributed by atoms with Gasteiger partial charge in [0, 0.05) is 47.8 Å². The summed E-state index contributed by atoms with van der Waals surface area (Å²) < 4.78 is 5.92. The number of Topliss-reactive ketones (excluding diaryl/α,β-unsaturated/α-hetero) is 1. The molecule has 1 saturated heterocycles. The molecule has 2 heterocycles. The predicted molar refractivity (Wildman–Crippen MR) is 134 cm³/mol. The summed E-state index contributed by atoms with van der Waals surface area (Å²) in [5.41, 5.74) is 2.48. The number of methoxy groups -OCH3 is 1. The molecule has 0 radical (unpaired) electrons. The number of carbonyl (C=O) groups excluding carboxylic acids is 2. The van der Waals surface area contributed by atoms with Gasteiger partial charge in [-0.05, 0) is 42.5 Å². The van der Waals surface area contributed by atoms with Crippen LogP contribution in [0.5, 0.6) is 5.75 Å². The minimum absolute atomic E-state index is 0.0352. The SMILES string of the molecule is COc1ccc(C(=O)CSc2nc(CC(=O)N3CCN(c4cccc(Cl)c4)CC3)cs2)cc1. The van der Waals surface area contributed by atoms with E-state index in [1.54, 1.807) is 31.4 Å². The summed E-state index contributed by atoms with van der Waals surface area (Å²) in [6, 6.07) is 14.9. The lowest BCUT2D eigenvalue weighted by molar-refractivity contribution is -0.130. The van der Waals surface area contributed by atoms with Crippen LogP contribution in [0.2, 0.25) is 5.02 Å². The van der Waals surface area contributed by atoms with E-state index in [-0.39, 0.29) is 18.1 Å². The highest BCUT2D eigenvalue weighted by Gasteiger charge is 2.22. The van der Waals surface area contributed by atoms with Crippen LogP contribution in [0.1, 0.15) is 16.1 Å². The summed E-state index contributed by atoms with van der Waals surface area (Å²) in [5.74, 6) is 1.14.